The van der Waals surface area contributed by atoms with Crippen molar-refractivity contribution in [3.05, 3.63) is 170 Å². The van der Waals surface area contributed by atoms with Gasteiger partial charge in [-0.3, -0.25) is 32.5 Å². The van der Waals surface area contributed by atoms with Gasteiger partial charge in [-0.15, -0.1) is 0 Å². The van der Waals surface area contributed by atoms with Crippen LogP contribution in [0.2, 0.25) is 0 Å². The lowest BCUT2D eigenvalue weighted by Gasteiger charge is -2.21. The normalized spacial score (nSPS) is 14.5. The van der Waals surface area contributed by atoms with Gasteiger partial charge in [0.1, 0.15) is 25.4 Å². The highest BCUT2D eigenvalue weighted by Gasteiger charge is 2.29. The maximum Gasteiger partial charge on any atom is 0.472 e. The lowest BCUT2D eigenvalue weighted by molar-refractivity contribution is -0.161. The van der Waals surface area contributed by atoms with Crippen molar-refractivity contribution in [3.8, 4) is 0 Å². The minimum Gasteiger partial charge on any atom is -0.463 e. The van der Waals surface area contributed by atoms with Gasteiger partial charge in [-0.25, -0.2) is 9.13 Å². The summed E-state index contributed by atoms with van der Waals surface area (Å²) >= 11 is 0. The number of phosphoric ester groups is 2. The average Bonchev–Trinajstić information content (AvgIpc) is 0.968. The molecule has 121 heavy (non-hydrogen) atoms. The lowest BCUT2D eigenvalue weighted by atomic mass is 10.0. The first kappa shape index (κ1) is 116. The zero-order chi connectivity index (χ0) is 87.9. The van der Waals surface area contributed by atoms with Gasteiger partial charge in [-0.2, -0.15) is 0 Å². The van der Waals surface area contributed by atoms with Gasteiger partial charge < -0.3 is 34.2 Å². The first-order chi connectivity index (χ1) is 59.2. The maximum atomic E-state index is 13.0. The van der Waals surface area contributed by atoms with Crippen LogP contribution >= 0.6 is 15.6 Å². The molecule has 16 nitrogen and oxygen atoms in total. The molecule has 5 atom stereocenters. The molecule has 0 aromatic carbocycles. The Morgan fingerprint density at radius 1 is 0.240 bits per heavy atom. The fourth-order valence-electron chi connectivity index (χ4n) is 13.1. The molecule has 0 aliphatic carbocycles. The number of carbonyl (C=O) groups is 3. The van der Waals surface area contributed by atoms with Crippen molar-refractivity contribution in [3.63, 3.8) is 0 Å². The monoisotopic (exact) mass is 1730 g/mol. The van der Waals surface area contributed by atoms with Gasteiger partial charge in [0.05, 0.1) is 26.4 Å². The van der Waals surface area contributed by atoms with E-state index in [9.17, 15) is 43.5 Å². The molecule has 0 rings (SSSR count). The van der Waals surface area contributed by atoms with Gasteiger partial charge in [0.25, 0.3) is 0 Å². The van der Waals surface area contributed by atoms with Crippen LogP contribution in [0.1, 0.15) is 406 Å². The van der Waals surface area contributed by atoms with Crippen molar-refractivity contribution in [2.45, 2.75) is 424 Å². The van der Waals surface area contributed by atoms with Crippen LogP contribution in [-0.4, -0.2) is 95.9 Å². The van der Waals surface area contributed by atoms with Gasteiger partial charge in [-0.1, -0.05) is 409 Å². The molecule has 0 aliphatic heterocycles. The van der Waals surface area contributed by atoms with E-state index >= 15 is 0 Å². The number of ether oxygens (including phenoxy) is 3. The molecule has 0 radical (unpaired) electrons. The summed E-state index contributed by atoms with van der Waals surface area (Å²) < 4.78 is 61.4. The van der Waals surface area contributed by atoms with Gasteiger partial charge in [0.15, 0.2) is 6.10 Å². The highest BCUT2D eigenvalue weighted by Crippen LogP contribution is 2.45. The van der Waals surface area contributed by atoms with Gasteiger partial charge in [0.2, 0.25) is 0 Å². The molecule has 0 fully saturated rings. The number of unbranched alkanes of at least 4 members (excludes halogenated alkanes) is 40. The molecule has 0 aromatic rings. The SMILES string of the molecule is CC/C=C\C/C=C\C/C=C\C/C=C\C/C=C\C/C=C\CCC(=O)OC(COC(=O)CCCCCCCCCCCCCCCCC/C=C\C/C=C\C/C=C\C/C=C\CCCCC)COP(=O)(O)OCC(O)COP(=O)(O)OCC(O)COC(=O)CCCCCCCCCCCCCCCCCCCCC/C=C\C/C=C\C/C=C\C/C=C\CCCCC. The van der Waals surface area contributed by atoms with Gasteiger partial charge in [0, 0.05) is 19.3 Å². The summed E-state index contributed by atoms with van der Waals surface area (Å²) in [7, 11) is -9.84. The fraction of sp³-hybridized carbons (Fsp3) is 0.699. The molecule has 0 aliphatic rings. The lowest BCUT2D eigenvalue weighted by Crippen LogP contribution is -2.29. The summed E-state index contributed by atoms with van der Waals surface area (Å²) in [6.45, 7) is 2.47. The third kappa shape index (κ3) is 95.4. The van der Waals surface area contributed by atoms with Crippen LogP contribution in [0.3, 0.4) is 0 Å². The number of allylic oxidation sites excluding steroid dienone is 28. The second kappa shape index (κ2) is 94.1. The van der Waals surface area contributed by atoms with Crippen LogP contribution < -0.4 is 0 Å². The number of carbonyl (C=O) groups excluding carboxylic acids is 3. The van der Waals surface area contributed by atoms with Crippen molar-refractivity contribution >= 4 is 33.6 Å². The molecular weight excluding hydrogens is 1560 g/mol. The number of phosphoric acid groups is 2. The fourth-order valence-corrected chi connectivity index (χ4v) is 14.7. The third-order valence-corrected chi connectivity index (χ3v) is 22.3. The Morgan fingerprint density at radius 3 is 0.727 bits per heavy atom. The van der Waals surface area contributed by atoms with Crippen LogP contribution in [0.4, 0.5) is 0 Å². The quantitative estimate of drug-likeness (QED) is 0.0146. The molecule has 694 valence electrons. The zero-order valence-electron chi connectivity index (χ0n) is 76.6. The molecule has 0 heterocycles. The molecule has 0 aromatic heterocycles. The second-order valence-corrected chi connectivity index (χ2v) is 35.0. The van der Waals surface area contributed by atoms with Crippen LogP contribution in [0, 0.1) is 0 Å². The summed E-state index contributed by atoms with van der Waals surface area (Å²) in [5, 5.41) is 20.7. The van der Waals surface area contributed by atoms with E-state index in [1.165, 1.54) is 225 Å². The number of aliphatic hydroxyl groups excluding tert-OH is 2. The van der Waals surface area contributed by atoms with E-state index in [2.05, 4.69) is 173 Å². The molecule has 0 saturated heterocycles. The highest BCUT2D eigenvalue weighted by molar-refractivity contribution is 7.47. The van der Waals surface area contributed by atoms with E-state index in [4.69, 9.17) is 32.3 Å². The smallest absolute Gasteiger partial charge is 0.463 e. The molecule has 0 spiro atoms. The maximum absolute atomic E-state index is 13.0. The van der Waals surface area contributed by atoms with E-state index in [-0.39, 0.29) is 19.3 Å². The Kier molecular flexibility index (Phi) is 90.1. The Morgan fingerprint density at radius 2 is 0.455 bits per heavy atom. The average molecular weight is 1730 g/mol. The minimum atomic E-state index is -4.96. The largest absolute Gasteiger partial charge is 0.472 e. The second-order valence-electron chi connectivity index (χ2n) is 32.1. The summed E-state index contributed by atoms with van der Waals surface area (Å²) in [5.74, 6) is -1.67. The molecule has 0 amide bonds. The zero-order valence-corrected chi connectivity index (χ0v) is 78.4. The third-order valence-electron chi connectivity index (χ3n) is 20.4. The summed E-state index contributed by atoms with van der Waals surface area (Å²) in [6.07, 6.45) is 123. The number of hydrogen-bond acceptors (Lipinski definition) is 14. The Balaban J connectivity index is 4.53. The van der Waals surface area contributed by atoms with E-state index in [1.54, 1.807) is 0 Å². The predicted molar refractivity (Wildman–Crippen MR) is 509 cm³/mol. The van der Waals surface area contributed by atoms with E-state index < -0.39 is 91.5 Å². The van der Waals surface area contributed by atoms with Crippen molar-refractivity contribution in [2.24, 2.45) is 0 Å². The summed E-state index contributed by atoms with van der Waals surface area (Å²) in [6, 6.07) is 0. The molecule has 5 unspecified atom stereocenters. The number of rotatable bonds is 91. The van der Waals surface area contributed by atoms with Gasteiger partial charge in [-0.05, 0) is 148 Å². The molecular formula is C103H176O16P2. The number of aliphatic hydroxyl groups is 2. The van der Waals surface area contributed by atoms with E-state index in [0.717, 1.165) is 116 Å². The van der Waals surface area contributed by atoms with Crippen molar-refractivity contribution < 1.29 is 75.8 Å². The standard InChI is InChI=1S/C103H176O16P2/c1-4-7-10-13-16-19-22-25-28-31-34-36-38-40-42-44-46-47-48-49-51-53-54-56-58-60-63-65-68-71-74-77-80-83-86-89-101(106)113-92-98(104)93-115-120(109,110)116-94-99(105)95-117-121(111,112)118-97-100(119-103(108)91-88-85-82-79-76-73-70-67-62-33-30-27-24-21-18-15-12-9-6-3)96-114-102(107)90-87-84-81-78-75-72-69-66-64-61-59-57-55-52-50-45-43-41-39-37-35-32-29-26-23-20-17-14-11-8-5-2/h9,12,16-21,25-30,34-37,40-43,62,67,73,76,82,85,98-100,104-105H,4-8,10-11,13-15,22-24,31-33,38-39,44-61,63-66,68-72,74-75,77-81,83-84,86-97H2,1-3H3,(H,109,110)(H,111,112)/b12-9-,19-16-,20-17-,21-18-,28-25-,29-26-,30-27-,36-34-,37-35-,42-40-,43-41-,67-62-,76-73-,85-82-. The van der Waals surface area contributed by atoms with Crippen LogP contribution in [0.25, 0.3) is 0 Å². The highest BCUT2D eigenvalue weighted by atomic mass is 31.2. The Labute approximate surface area is 739 Å². The van der Waals surface area contributed by atoms with Crippen LogP contribution in [-0.2, 0) is 55.8 Å². The molecule has 4 N–H and O–H groups in total. The Bertz CT molecular complexity index is 2880. The van der Waals surface area contributed by atoms with Crippen LogP contribution in [0.5, 0.6) is 0 Å². The predicted octanol–water partition coefficient (Wildman–Crippen LogP) is 30.2. The summed E-state index contributed by atoms with van der Waals surface area (Å²) in [4.78, 5) is 59.0. The number of esters is 3. The van der Waals surface area contributed by atoms with Crippen molar-refractivity contribution in [1.82, 2.24) is 0 Å². The molecule has 0 saturated carbocycles. The topological polar surface area (TPSA) is 231 Å². The van der Waals surface area contributed by atoms with Gasteiger partial charge >= 0.3 is 33.6 Å². The first-order valence-corrected chi connectivity index (χ1v) is 51.4. The van der Waals surface area contributed by atoms with Crippen molar-refractivity contribution in [2.75, 3.05) is 39.6 Å². The number of hydrogen-bond donors (Lipinski definition) is 4. The summed E-state index contributed by atoms with van der Waals surface area (Å²) in [5.41, 5.74) is 0. The van der Waals surface area contributed by atoms with E-state index in [0.29, 0.717) is 25.7 Å². The Hall–Kier alpha value is -5.09. The first-order valence-electron chi connectivity index (χ1n) is 48.4. The minimum absolute atomic E-state index is 0.0239. The van der Waals surface area contributed by atoms with E-state index in [1.807, 2.05) is 18.2 Å². The van der Waals surface area contributed by atoms with Crippen LogP contribution in [0.15, 0.2) is 170 Å². The van der Waals surface area contributed by atoms with Crippen molar-refractivity contribution in [1.29, 1.82) is 0 Å². The molecule has 0 bridgehead atoms. The molecule has 18 heteroatoms.